The number of ether oxygens (including phenoxy) is 1. The van der Waals surface area contributed by atoms with Crippen LogP contribution in [-0.2, 0) is 14.4 Å². The average molecular weight is 366 g/mol. The Hall–Kier alpha value is -2.49. The molecule has 0 saturated heterocycles. The number of hydrogen-bond acceptors (Lipinski definition) is 6. The van der Waals surface area contributed by atoms with Crippen LogP contribution in [0.15, 0.2) is 18.2 Å². The predicted octanol–water partition coefficient (Wildman–Crippen LogP) is -1.58. The number of fused-ring (bicyclic) bond motifs is 1. The maximum atomic E-state index is 12.1. The number of anilines is 1. The Kier molecular flexibility index (Phi) is 7.07. The second kappa shape index (κ2) is 9.27. The zero-order chi connectivity index (χ0) is 19.1. The molecule has 0 radical (unpaired) electrons. The summed E-state index contributed by atoms with van der Waals surface area (Å²) in [5, 5.41) is 27.0. The van der Waals surface area contributed by atoms with Gasteiger partial charge in [-0.3, -0.25) is 14.9 Å². The number of aliphatic hydroxyl groups is 2. The number of benzene rings is 1. The van der Waals surface area contributed by atoms with Crippen LogP contribution in [0, 0.1) is 0 Å². The summed E-state index contributed by atoms with van der Waals surface area (Å²) in [6.07, 6.45) is -1.68. The van der Waals surface area contributed by atoms with Gasteiger partial charge in [-0.1, -0.05) is 6.07 Å². The van der Waals surface area contributed by atoms with Crippen molar-refractivity contribution in [2.24, 2.45) is 0 Å². The lowest BCUT2D eigenvalue weighted by molar-refractivity contribution is -0.556. The van der Waals surface area contributed by atoms with E-state index in [0.29, 0.717) is 23.4 Å². The number of carbonyl (C=O) groups excluding carboxylic acids is 3. The van der Waals surface area contributed by atoms with Gasteiger partial charge in [-0.05, 0) is 18.9 Å². The number of aliphatic hydroxyl groups excluding tert-OH is 2. The van der Waals surface area contributed by atoms with Crippen LogP contribution >= 0.6 is 0 Å². The molecule has 0 aromatic heterocycles. The number of carbonyl (C=O) groups is 3. The van der Waals surface area contributed by atoms with E-state index in [9.17, 15) is 24.6 Å². The second-order valence-corrected chi connectivity index (χ2v) is 6.06. The Morgan fingerprint density at radius 2 is 1.96 bits per heavy atom. The molecule has 2 rings (SSSR count). The summed E-state index contributed by atoms with van der Waals surface area (Å²) in [4.78, 5) is 35.5. The minimum absolute atomic E-state index is 0.129. The van der Waals surface area contributed by atoms with Crippen molar-refractivity contribution >= 4 is 23.4 Å². The normalized spacial score (nSPS) is 23.1. The number of primary amides is 1. The number of rotatable bonds is 1. The van der Waals surface area contributed by atoms with Crippen LogP contribution in [0.2, 0.25) is 0 Å². The third kappa shape index (κ3) is 5.51. The number of amides is 3. The lowest BCUT2D eigenvalue weighted by atomic mass is 9.98. The van der Waals surface area contributed by atoms with E-state index in [-0.39, 0.29) is 37.7 Å². The van der Waals surface area contributed by atoms with Gasteiger partial charge in [0.2, 0.25) is 5.91 Å². The van der Waals surface area contributed by atoms with Crippen molar-refractivity contribution in [1.82, 2.24) is 5.32 Å². The molecular weight excluding hydrogens is 342 g/mol. The number of nitrogens with one attached hydrogen (secondary N) is 2. The minimum Gasteiger partial charge on any atom is -0.497 e. The van der Waals surface area contributed by atoms with Crippen LogP contribution in [0.25, 0.3) is 0 Å². The fourth-order valence-electron chi connectivity index (χ4n) is 2.62. The van der Waals surface area contributed by atoms with E-state index in [1.54, 1.807) is 12.1 Å². The molecular formula is C17H24N3O6+. The summed E-state index contributed by atoms with van der Waals surface area (Å²) < 4.78 is 5.13. The van der Waals surface area contributed by atoms with E-state index in [4.69, 9.17) is 4.74 Å². The van der Waals surface area contributed by atoms with Gasteiger partial charge in [0.15, 0.2) is 6.54 Å². The van der Waals surface area contributed by atoms with Gasteiger partial charge in [-0.2, -0.15) is 0 Å². The van der Waals surface area contributed by atoms with Crippen LogP contribution < -0.4 is 20.7 Å². The Morgan fingerprint density at radius 3 is 2.69 bits per heavy atom. The monoisotopic (exact) mass is 366 g/mol. The highest BCUT2D eigenvalue weighted by atomic mass is 16.5. The maximum absolute atomic E-state index is 12.1. The van der Waals surface area contributed by atoms with Crippen LogP contribution in [0.3, 0.4) is 0 Å². The van der Waals surface area contributed by atoms with Crippen molar-refractivity contribution in [2.45, 2.75) is 31.5 Å². The van der Waals surface area contributed by atoms with E-state index in [1.807, 2.05) is 0 Å². The third-order valence-electron chi connectivity index (χ3n) is 4.10. The summed E-state index contributed by atoms with van der Waals surface area (Å²) in [5.74, 6) is -0.679. The van der Waals surface area contributed by atoms with E-state index in [1.165, 1.54) is 18.5 Å². The van der Waals surface area contributed by atoms with Gasteiger partial charge in [0, 0.05) is 18.1 Å². The molecule has 0 aliphatic carbocycles. The molecule has 0 fully saturated rings. The molecule has 142 valence electrons. The minimum atomic E-state index is -1.24. The van der Waals surface area contributed by atoms with E-state index in [0.717, 1.165) is 0 Å². The van der Waals surface area contributed by atoms with Crippen LogP contribution in [0.1, 0.15) is 30.9 Å². The summed E-state index contributed by atoms with van der Waals surface area (Å²) >= 11 is 0. The van der Waals surface area contributed by atoms with Gasteiger partial charge in [-0.15, -0.1) is 0 Å². The fourth-order valence-corrected chi connectivity index (χ4v) is 2.62. The molecule has 0 spiro atoms. The Morgan fingerprint density at radius 1 is 1.19 bits per heavy atom. The zero-order valence-electron chi connectivity index (χ0n) is 14.5. The van der Waals surface area contributed by atoms with Gasteiger partial charge in [-0.25, -0.2) is 4.79 Å². The summed E-state index contributed by atoms with van der Waals surface area (Å²) in [5.41, 5.74) is 0.628. The van der Waals surface area contributed by atoms with Crippen molar-refractivity contribution in [1.29, 1.82) is 0 Å². The smallest absolute Gasteiger partial charge is 0.330 e. The first-order chi connectivity index (χ1) is 12.4. The fraction of sp³-hybridized carbons (Fsp3) is 0.471. The highest BCUT2D eigenvalue weighted by molar-refractivity contribution is 5.93. The number of quaternary nitrogens is 1. The van der Waals surface area contributed by atoms with E-state index < -0.39 is 18.1 Å². The van der Waals surface area contributed by atoms with Crippen molar-refractivity contribution in [3.8, 4) is 5.75 Å². The van der Waals surface area contributed by atoms with Crippen LogP contribution in [0.5, 0.6) is 5.75 Å². The molecule has 0 saturated carbocycles. The molecule has 2 atom stereocenters. The molecule has 1 aromatic rings. The number of methoxy groups -OCH3 is 1. The molecule has 6 N–H and O–H groups in total. The third-order valence-corrected chi connectivity index (χ3v) is 4.10. The molecule has 26 heavy (non-hydrogen) atoms. The lowest BCUT2D eigenvalue weighted by Gasteiger charge is -2.21. The summed E-state index contributed by atoms with van der Waals surface area (Å²) in [6.45, 7) is -0.355. The first-order valence-corrected chi connectivity index (χ1v) is 8.37. The quantitative estimate of drug-likeness (QED) is 0.406. The van der Waals surface area contributed by atoms with Crippen molar-refractivity contribution in [2.75, 3.05) is 25.5 Å². The van der Waals surface area contributed by atoms with Gasteiger partial charge < -0.3 is 25.6 Å². The SMILES string of the molecule is COc1ccc2c(c1)NC(=O)C[NH2+]C(=O)CNC(=O)CCCC(O)C2O. The molecule has 3 amide bonds. The zero-order valence-corrected chi connectivity index (χ0v) is 14.5. The van der Waals surface area contributed by atoms with Crippen molar-refractivity contribution in [3.63, 3.8) is 0 Å². The van der Waals surface area contributed by atoms with E-state index in [2.05, 4.69) is 10.6 Å². The Balaban J connectivity index is 2.27. The Labute approximate surface area is 150 Å². The molecule has 0 bridgehead atoms. The average Bonchev–Trinajstić information content (AvgIpc) is 2.63. The van der Waals surface area contributed by atoms with Gasteiger partial charge in [0.05, 0.1) is 18.9 Å². The molecule has 1 aromatic carbocycles. The van der Waals surface area contributed by atoms with Gasteiger partial charge in [0.25, 0.3) is 5.91 Å². The largest absolute Gasteiger partial charge is 0.497 e. The first-order valence-electron chi connectivity index (χ1n) is 8.37. The van der Waals surface area contributed by atoms with Crippen molar-refractivity contribution < 1.29 is 34.7 Å². The molecule has 1 heterocycles. The molecule has 9 heteroatoms. The molecule has 1 aliphatic rings. The van der Waals surface area contributed by atoms with E-state index >= 15 is 0 Å². The first kappa shape index (κ1) is 19.8. The molecule has 2 unspecified atom stereocenters. The predicted molar refractivity (Wildman–Crippen MR) is 91.3 cm³/mol. The number of nitrogens with two attached hydrogens (primary N) is 1. The summed E-state index contributed by atoms with van der Waals surface area (Å²) in [6, 6.07) is 4.70. The number of hydrogen-bond donors (Lipinski definition) is 5. The summed E-state index contributed by atoms with van der Waals surface area (Å²) in [7, 11) is 1.47. The lowest BCUT2D eigenvalue weighted by Crippen LogP contribution is -2.91. The molecule has 1 aliphatic heterocycles. The second-order valence-electron chi connectivity index (χ2n) is 6.06. The highest BCUT2D eigenvalue weighted by Crippen LogP contribution is 2.30. The van der Waals surface area contributed by atoms with Gasteiger partial charge in [0.1, 0.15) is 18.4 Å². The van der Waals surface area contributed by atoms with Crippen LogP contribution in [-0.4, -0.2) is 54.2 Å². The standard InChI is InChI=1S/C17H23N3O6/c1-26-10-5-6-11-12(7-10)20-16(24)9-19-15(23)8-18-14(22)4-2-3-13(21)17(11)25/h5-7,13,17,21,25H,2-4,8-9H2,1H3,(H,18,22)(H,19,23)(H,20,24)/p+1. The van der Waals surface area contributed by atoms with Crippen molar-refractivity contribution in [3.05, 3.63) is 23.8 Å². The van der Waals surface area contributed by atoms with Crippen LogP contribution in [0.4, 0.5) is 5.69 Å². The van der Waals surface area contributed by atoms with Gasteiger partial charge >= 0.3 is 5.91 Å². The topological polar surface area (TPSA) is 142 Å². The molecule has 9 nitrogen and oxygen atoms in total. The highest BCUT2D eigenvalue weighted by Gasteiger charge is 2.23. The maximum Gasteiger partial charge on any atom is 0.330 e. The Bertz CT molecular complexity index is 678.